The Labute approximate surface area is 181 Å². The van der Waals surface area contributed by atoms with Gasteiger partial charge in [-0.05, 0) is 61.1 Å². The van der Waals surface area contributed by atoms with Gasteiger partial charge in [-0.25, -0.2) is 4.39 Å². The zero-order valence-corrected chi connectivity index (χ0v) is 17.7. The summed E-state index contributed by atoms with van der Waals surface area (Å²) in [6, 6.07) is 12.3. The number of nitrogens with one attached hydrogen (secondary N) is 2. The zero-order valence-electron chi connectivity index (χ0n) is 17.0. The monoisotopic (exact) mass is 432 g/mol. The van der Waals surface area contributed by atoms with Gasteiger partial charge in [0.2, 0.25) is 11.8 Å². The van der Waals surface area contributed by atoms with E-state index in [4.69, 9.17) is 16.3 Å². The van der Waals surface area contributed by atoms with E-state index in [0.29, 0.717) is 50.1 Å². The molecule has 2 aromatic carbocycles. The van der Waals surface area contributed by atoms with Crippen molar-refractivity contribution in [3.8, 4) is 5.75 Å². The van der Waals surface area contributed by atoms with Crippen molar-refractivity contribution in [3.05, 3.63) is 64.4 Å². The Kier molecular flexibility index (Phi) is 7.32. The predicted octanol–water partition coefficient (Wildman–Crippen LogP) is 3.82. The number of hydrogen-bond donors (Lipinski definition) is 2. The molecule has 1 fully saturated rings. The molecule has 2 N–H and O–H groups in total. The van der Waals surface area contributed by atoms with Crippen molar-refractivity contribution in [3.63, 3.8) is 0 Å². The Bertz CT molecular complexity index is 921. The van der Waals surface area contributed by atoms with Crippen molar-refractivity contribution in [1.29, 1.82) is 0 Å². The van der Waals surface area contributed by atoms with Crippen LogP contribution in [0.25, 0.3) is 0 Å². The minimum Gasteiger partial charge on any atom is -0.494 e. The number of carbonyl (C=O) groups is 2. The van der Waals surface area contributed by atoms with Crippen LogP contribution in [0.5, 0.6) is 5.75 Å². The van der Waals surface area contributed by atoms with E-state index in [2.05, 4.69) is 10.6 Å². The maximum absolute atomic E-state index is 13.7. The molecule has 1 heterocycles. The minimum atomic E-state index is -0.510. The van der Waals surface area contributed by atoms with Crippen LogP contribution in [-0.4, -0.2) is 31.0 Å². The molecule has 5 nitrogen and oxygen atoms in total. The summed E-state index contributed by atoms with van der Waals surface area (Å²) in [5, 5.41) is 6.65. The van der Waals surface area contributed by atoms with Crippen molar-refractivity contribution in [1.82, 2.24) is 10.6 Å². The molecule has 1 aliphatic heterocycles. The Morgan fingerprint density at radius 3 is 2.80 bits per heavy atom. The second-order valence-electron chi connectivity index (χ2n) is 7.70. The summed E-state index contributed by atoms with van der Waals surface area (Å²) in [6.07, 6.45) is 3.10. The van der Waals surface area contributed by atoms with Crippen LogP contribution in [0.1, 0.15) is 36.8 Å². The van der Waals surface area contributed by atoms with Gasteiger partial charge >= 0.3 is 0 Å². The van der Waals surface area contributed by atoms with E-state index < -0.39 is 11.4 Å². The molecule has 1 aliphatic rings. The normalized spacial score (nSPS) is 18.2. The van der Waals surface area contributed by atoms with E-state index in [1.165, 1.54) is 13.2 Å². The molecular formula is C23H26ClFN2O3. The van der Waals surface area contributed by atoms with Crippen molar-refractivity contribution >= 4 is 23.4 Å². The van der Waals surface area contributed by atoms with Gasteiger partial charge in [0.1, 0.15) is 0 Å². The van der Waals surface area contributed by atoms with Crippen LogP contribution in [0.2, 0.25) is 5.02 Å². The lowest BCUT2D eigenvalue weighted by Crippen LogP contribution is -2.44. The lowest BCUT2D eigenvalue weighted by atomic mass is 9.85. The molecular weight excluding hydrogens is 407 g/mol. The summed E-state index contributed by atoms with van der Waals surface area (Å²) in [6.45, 7) is 0.522. The van der Waals surface area contributed by atoms with Gasteiger partial charge in [0.05, 0.1) is 7.11 Å². The maximum atomic E-state index is 13.7. The first kappa shape index (κ1) is 22.1. The Hall–Kier alpha value is -2.60. The number of amides is 2. The largest absolute Gasteiger partial charge is 0.494 e. The van der Waals surface area contributed by atoms with Crippen LogP contribution < -0.4 is 15.4 Å². The first-order valence-corrected chi connectivity index (χ1v) is 10.4. The van der Waals surface area contributed by atoms with E-state index >= 15 is 0 Å². The second-order valence-corrected chi connectivity index (χ2v) is 8.14. The van der Waals surface area contributed by atoms with E-state index in [0.717, 1.165) is 11.1 Å². The highest BCUT2D eigenvalue weighted by Crippen LogP contribution is 2.31. The Morgan fingerprint density at radius 2 is 2.10 bits per heavy atom. The van der Waals surface area contributed by atoms with Crippen molar-refractivity contribution in [2.45, 2.75) is 44.1 Å². The Morgan fingerprint density at radius 1 is 1.27 bits per heavy atom. The average molecular weight is 433 g/mol. The van der Waals surface area contributed by atoms with Crippen LogP contribution in [0.4, 0.5) is 4.39 Å². The third kappa shape index (κ3) is 5.95. The molecule has 0 aromatic heterocycles. The number of methoxy groups -OCH3 is 1. The number of benzene rings is 2. The molecule has 0 aliphatic carbocycles. The second kappa shape index (κ2) is 9.94. The highest BCUT2D eigenvalue weighted by molar-refractivity contribution is 6.30. The summed E-state index contributed by atoms with van der Waals surface area (Å²) in [5.41, 5.74) is 1.41. The van der Waals surface area contributed by atoms with Crippen molar-refractivity contribution < 1.29 is 18.7 Å². The molecule has 1 unspecified atom stereocenters. The molecule has 1 saturated heterocycles. The summed E-state index contributed by atoms with van der Waals surface area (Å²) in [4.78, 5) is 24.3. The van der Waals surface area contributed by atoms with Crippen LogP contribution in [0.15, 0.2) is 42.5 Å². The third-order valence-corrected chi connectivity index (χ3v) is 5.68. The van der Waals surface area contributed by atoms with Crippen molar-refractivity contribution in [2.24, 2.45) is 0 Å². The van der Waals surface area contributed by atoms with Crippen LogP contribution in [0, 0.1) is 5.82 Å². The fourth-order valence-electron chi connectivity index (χ4n) is 3.87. The standard InChI is InChI=1S/C23H26ClFN2O3/c1-30-20-14-17(5-6-19(20)25)15-23(11-8-22(29)27-23)10-7-21(28)26-12-9-16-3-2-4-18(24)13-16/h2-6,13-14H,7-12,15H2,1H3,(H,26,28)(H,27,29). The van der Waals surface area contributed by atoms with Crippen LogP contribution >= 0.6 is 11.6 Å². The number of ether oxygens (including phenoxy) is 1. The van der Waals surface area contributed by atoms with Gasteiger partial charge in [0.25, 0.3) is 0 Å². The summed E-state index contributed by atoms with van der Waals surface area (Å²) >= 11 is 5.98. The van der Waals surface area contributed by atoms with E-state index in [9.17, 15) is 14.0 Å². The van der Waals surface area contributed by atoms with E-state index in [-0.39, 0.29) is 17.6 Å². The summed E-state index contributed by atoms with van der Waals surface area (Å²) in [5.74, 6) is -0.338. The Balaban J connectivity index is 1.55. The number of carbonyl (C=O) groups excluding carboxylic acids is 2. The number of halogens is 2. The van der Waals surface area contributed by atoms with Gasteiger partial charge in [-0.3, -0.25) is 9.59 Å². The molecule has 7 heteroatoms. The maximum Gasteiger partial charge on any atom is 0.220 e. The molecule has 1 atom stereocenters. The van der Waals surface area contributed by atoms with Gasteiger partial charge < -0.3 is 15.4 Å². The zero-order chi connectivity index (χ0) is 21.6. The first-order chi connectivity index (χ1) is 14.4. The first-order valence-electron chi connectivity index (χ1n) is 10.0. The van der Waals surface area contributed by atoms with Gasteiger partial charge in [0.15, 0.2) is 11.6 Å². The van der Waals surface area contributed by atoms with E-state index in [1.807, 2.05) is 24.3 Å². The van der Waals surface area contributed by atoms with Gasteiger partial charge in [-0.15, -0.1) is 0 Å². The molecule has 0 saturated carbocycles. The topological polar surface area (TPSA) is 67.4 Å². The highest BCUT2D eigenvalue weighted by atomic mass is 35.5. The van der Waals surface area contributed by atoms with Gasteiger partial charge in [-0.2, -0.15) is 0 Å². The molecule has 160 valence electrons. The molecule has 0 bridgehead atoms. The lowest BCUT2D eigenvalue weighted by Gasteiger charge is -2.29. The molecule has 2 amide bonds. The van der Waals surface area contributed by atoms with Gasteiger partial charge in [-0.1, -0.05) is 29.8 Å². The summed E-state index contributed by atoms with van der Waals surface area (Å²) in [7, 11) is 1.42. The number of hydrogen-bond acceptors (Lipinski definition) is 3. The van der Waals surface area contributed by atoms with Crippen molar-refractivity contribution in [2.75, 3.05) is 13.7 Å². The summed E-state index contributed by atoms with van der Waals surface area (Å²) < 4.78 is 18.8. The quantitative estimate of drug-likeness (QED) is 0.633. The molecule has 3 rings (SSSR count). The smallest absolute Gasteiger partial charge is 0.220 e. The minimum absolute atomic E-state index is 0.0227. The van der Waals surface area contributed by atoms with Crippen LogP contribution in [0.3, 0.4) is 0 Å². The SMILES string of the molecule is COc1cc(CC2(CCC(=O)NCCc3cccc(Cl)c3)CCC(=O)N2)ccc1F. The van der Waals surface area contributed by atoms with Gasteiger partial charge in [0, 0.05) is 29.9 Å². The van der Waals surface area contributed by atoms with Crippen LogP contribution in [-0.2, 0) is 22.4 Å². The molecule has 30 heavy (non-hydrogen) atoms. The molecule has 2 aromatic rings. The number of rotatable bonds is 9. The average Bonchev–Trinajstić information content (AvgIpc) is 3.09. The third-order valence-electron chi connectivity index (χ3n) is 5.45. The molecule has 0 spiro atoms. The highest BCUT2D eigenvalue weighted by Gasteiger charge is 2.38. The molecule has 0 radical (unpaired) electrons. The lowest BCUT2D eigenvalue weighted by molar-refractivity contribution is -0.122. The fraction of sp³-hybridized carbons (Fsp3) is 0.391. The van der Waals surface area contributed by atoms with E-state index in [1.54, 1.807) is 12.1 Å². The fourth-order valence-corrected chi connectivity index (χ4v) is 4.08. The predicted molar refractivity (Wildman–Crippen MR) is 114 cm³/mol.